The molecule has 1 aromatic heterocycles. The van der Waals surface area contributed by atoms with Gasteiger partial charge in [0.05, 0.1) is 19.8 Å². The normalized spacial score (nSPS) is 11.2. The summed E-state index contributed by atoms with van der Waals surface area (Å²) in [4.78, 5) is 11.7. The molecular formula is C12H10F3N3O2. The third kappa shape index (κ3) is 2.95. The predicted molar refractivity (Wildman–Crippen MR) is 63.4 cm³/mol. The Labute approximate surface area is 112 Å². The van der Waals surface area contributed by atoms with Gasteiger partial charge < -0.3 is 9.47 Å². The van der Waals surface area contributed by atoms with E-state index in [2.05, 4.69) is 15.0 Å². The molecule has 106 valence electrons. The molecule has 2 rings (SSSR count). The minimum absolute atomic E-state index is 0.0201. The van der Waals surface area contributed by atoms with Crippen LogP contribution in [0.1, 0.15) is 5.56 Å². The lowest BCUT2D eigenvalue weighted by Crippen LogP contribution is -2.05. The Morgan fingerprint density at radius 3 is 1.75 bits per heavy atom. The van der Waals surface area contributed by atoms with E-state index >= 15 is 0 Å². The number of hydrogen-bond acceptors (Lipinski definition) is 5. The van der Waals surface area contributed by atoms with E-state index in [1.165, 1.54) is 26.4 Å². The Morgan fingerprint density at radius 2 is 1.35 bits per heavy atom. The van der Waals surface area contributed by atoms with Crippen LogP contribution in [-0.2, 0) is 6.18 Å². The number of halogens is 3. The molecule has 0 saturated heterocycles. The number of aromatic nitrogens is 3. The van der Waals surface area contributed by atoms with E-state index in [4.69, 9.17) is 9.47 Å². The van der Waals surface area contributed by atoms with Crippen LogP contribution in [0, 0.1) is 0 Å². The summed E-state index contributed by atoms with van der Waals surface area (Å²) in [5.41, 5.74) is -0.341. The second kappa shape index (κ2) is 5.32. The summed E-state index contributed by atoms with van der Waals surface area (Å²) in [6.45, 7) is 0. The molecule has 20 heavy (non-hydrogen) atoms. The monoisotopic (exact) mass is 285 g/mol. The van der Waals surface area contributed by atoms with Crippen LogP contribution in [0.5, 0.6) is 12.0 Å². The minimum Gasteiger partial charge on any atom is -0.467 e. The summed E-state index contributed by atoms with van der Waals surface area (Å²) in [6.07, 6.45) is -4.38. The fourth-order valence-electron chi connectivity index (χ4n) is 1.46. The van der Waals surface area contributed by atoms with Gasteiger partial charge in [-0.05, 0) is 12.1 Å². The molecule has 2 aromatic rings. The van der Waals surface area contributed by atoms with Crippen LogP contribution in [0.3, 0.4) is 0 Å². The largest absolute Gasteiger partial charge is 0.467 e. The van der Waals surface area contributed by atoms with Crippen molar-refractivity contribution in [3.05, 3.63) is 29.8 Å². The van der Waals surface area contributed by atoms with Crippen LogP contribution < -0.4 is 9.47 Å². The standard InChI is InChI=1S/C12H10F3N3O2/c1-19-10-16-9(17-11(18-10)20-2)7-3-5-8(6-4-7)12(13,14)15/h3-6H,1-2H3. The van der Waals surface area contributed by atoms with Crippen LogP contribution in [0.25, 0.3) is 11.4 Å². The van der Waals surface area contributed by atoms with Crippen LogP contribution in [-0.4, -0.2) is 29.2 Å². The summed E-state index contributed by atoms with van der Waals surface area (Å²) in [6, 6.07) is 4.50. The molecule has 0 aliphatic rings. The molecule has 5 nitrogen and oxygen atoms in total. The molecular weight excluding hydrogens is 275 g/mol. The Balaban J connectivity index is 2.41. The highest BCUT2D eigenvalue weighted by molar-refractivity contribution is 5.56. The summed E-state index contributed by atoms with van der Waals surface area (Å²) >= 11 is 0. The number of alkyl halides is 3. The molecule has 0 atom stereocenters. The van der Waals surface area contributed by atoms with Crippen molar-refractivity contribution < 1.29 is 22.6 Å². The van der Waals surface area contributed by atoms with Crippen molar-refractivity contribution in [3.8, 4) is 23.4 Å². The van der Waals surface area contributed by atoms with Crippen molar-refractivity contribution in [3.63, 3.8) is 0 Å². The molecule has 0 amide bonds. The fraction of sp³-hybridized carbons (Fsp3) is 0.250. The summed E-state index contributed by atoms with van der Waals surface area (Å²) in [5.74, 6) is 0.169. The number of methoxy groups -OCH3 is 2. The zero-order valence-corrected chi connectivity index (χ0v) is 10.6. The topological polar surface area (TPSA) is 57.1 Å². The molecule has 0 spiro atoms. The predicted octanol–water partition coefficient (Wildman–Crippen LogP) is 2.57. The van der Waals surface area contributed by atoms with Crippen molar-refractivity contribution in [1.29, 1.82) is 0 Å². The Bertz CT molecular complexity index is 578. The second-order valence-corrected chi connectivity index (χ2v) is 3.71. The zero-order valence-electron chi connectivity index (χ0n) is 10.6. The number of nitrogens with zero attached hydrogens (tertiary/aromatic N) is 3. The Kier molecular flexibility index (Phi) is 3.73. The highest BCUT2D eigenvalue weighted by Crippen LogP contribution is 2.30. The lowest BCUT2D eigenvalue weighted by molar-refractivity contribution is -0.137. The van der Waals surface area contributed by atoms with Gasteiger partial charge >= 0.3 is 18.2 Å². The minimum atomic E-state index is -4.38. The van der Waals surface area contributed by atoms with Gasteiger partial charge in [0.15, 0.2) is 5.82 Å². The molecule has 0 radical (unpaired) electrons. The van der Waals surface area contributed by atoms with Gasteiger partial charge in [0.1, 0.15) is 0 Å². The van der Waals surface area contributed by atoms with E-state index in [9.17, 15) is 13.2 Å². The number of benzene rings is 1. The third-order valence-corrected chi connectivity index (χ3v) is 2.43. The van der Waals surface area contributed by atoms with Gasteiger partial charge in [0.25, 0.3) is 0 Å². The van der Waals surface area contributed by atoms with E-state index in [0.29, 0.717) is 5.56 Å². The van der Waals surface area contributed by atoms with Crippen LogP contribution in [0.15, 0.2) is 24.3 Å². The van der Waals surface area contributed by atoms with E-state index in [1.807, 2.05) is 0 Å². The van der Waals surface area contributed by atoms with Gasteiger partial charge in [0, 0.05) is 5.56 Å². The van der Waals surface area contributed by atoms with Gasteiger partial charge in [-0.25, -0.2) is 0 Å². The first kappa shape index (κ1) is 14.0. The van der Waals surface area contributed by atoms with Crippen LogP contribution in [0.4, 0.5) is 13.2 Å². The van der Waals surface area contributed by atoms with E-state index in [0.717, 1.165) is 12.1 Å². The van der Waals surface area contributed by atoms with Gasteiger partial charge in [0.2, 0.25) is 0 Å². The SMILES string of the molecule is COc1nc(OC)nc(-c2ccc(C(F)(F)F)cc2)n1. The summed E-state index contributed by atoms with van der Waals surface area (Å²) < 4.78 is 47.2. The molecule has 0 bridgehead atoms. The highest BCUT2D eigenvalue weighted by atomic mass is 19.4. The molecule has 0 saturated carbocycles. The summed E-state index contributed by atoms with van der Waals surface area (Å²) in [5, 5.41) is 0. The molecule has 0 N–H and O–H groups in total. The summed E-state index contributed by atoms with van der Waals surface area (Å²) in [7, 11) is 2.73. The van der Waals surface area contributed by atoms with Gasteiger partial charge in [-0.15, -0.1) is 4.98 Å². The third-order valence-electron chi connectivity index (χ3n) is 2.43. The molecule has 0 aliphatic carbocycles. The lowest BCUT2D eigenvalue weighted by atomic mass is 10.1. The maximum atomic E-state index is 12.5. The zero-order chi connectivity index (χ0) is 14.8. The second-order valence-electron chi connectivity index (χ2n) is 3.71. The molecule has 0 aliphatic heterocycles. The van der Waals surface area contributed by atoms with Crippen LogP contribution >= 0.6 is 0 Å². The van der Waals surface area contributed by atoms with Crippen molar-refractivity contribution in [1.82, 2.24) is 15.0 Å². The molecule has 8 heteroatoms. The lowest BCUT2D eigenvalue weighted by Gasteiger charge is -2.08. The molecule has 0 fully saturated rings. The number of rotatable bonds is 3. The number of ether oxygens (including phenoxy) is 2. The van der Waals surface area contributed by atoms with Crippen molar-refractivity contribution in [2.75, 3.05) is 14.2 Å². The van der Waals surface area contributed by atoms with E-state index < -0.39 is 11.7 Å². The highest BCUT2D eigenvalue weighted by Gasteiger charge is 2.30. The Morgan fingerprint density at radius 1 is 0.850 bits per heavy atom. The molecule has 0 unspecified atom stereocenters. The smallest absolute Gasteiger partial charge is 0.416 e. The number of hydrogen-bond donors (Lipinski definition) is 0. The first-order valence-corrected chi connectivity index (χ1v) is 5.45. The maximum absolute atomic E-state index is 12.5. The first-order valence-electron chi connectivity index (χ1n) is 5.45. The Hall–Kier alpha value is -2.38. The fourth-order valence-corrected chi connectivity index (χ4v) is 1.46. The van der Waals surface area contributed by atoms with Gasteiger partial charge in [-0.3, -0.25) is 0 Å². The molecule has 1 heterocycles. The average molecular weight is 285 g/mol. The van der Waals surface area contributed by atoms with Crippen molar-refractivity contribution >= 4 is 0 Å². The first-order chi connectivity index (χ1) is 9.44. The maximum Gasteiger partial charge on any atom is 0.416 e. The van der Waals surface area contributed by atoms with Crippen LogP contribution in [0.2, 0.25) is 0 Å². The van der Waals surface area contributed by atoms with E-state index in [1.54, 1.807) is 0 Å². The van der Waals surface area contributed by atoms with Crippen molar-refractivity contribution in [2.24, 2.45) is 0 Å². The van der Waals surface area contributed by atoms with Gasteiger partial charge in [-0.1, -0.05) is 12.1 Å². The van der Waals surface area contributed by atoms with E-state index in [-0.39, 0.29) is 17.8 Å². The molecule has 1 aromatic carbocycles. The van der Waals surface area contributed by atoms with Crippen molar-refractivity contribution in [2.45, 2.75) is 6.18 Å². The quantitative estimate of drug-likeness (QED) is 0.867. The average Bonchev–Trinajstić information content (AvgIpc) is 2.46. The van der Waals surface area contributed by atoms with Gasteiger partial charge in [-0.2, -0.15) is 23.1 Å².